The number of para-hydroxylation sites is 1. The van der Waals surface area contributed by atoms with Crippen LogP contribution in [0, 0.1) is 5.41 Å². The second kappa shape index (κ2) is 6.02. The van der Waals surface area contributed by atoms with Crippen LogP contribution in [0.25, 0.3) is 10.9 Å². The Morgan fingerprint density at radius 1 is 1.26 bits per heavy atom. The molecular formula is C16H22N2O. The average molecular weight is 258 g/mol. The third-order valence-corrected chi connectivity index (χ3v) is 3.05. The summed E-state index contributed by atoms with van der Waals surface area (Å²) >= 11 is 0. The molecule has 0 unspecified atom stereocenters. The van der Waals surface area contributed by atoms with Crippen molar-refractivity contribution in [1.82, 2.24) is 10.3 Å². The van der Waals surface area contributed by atoms with Crippen LogP contribution < -0.4 is 10.1 Å². The average Bonchev–Trinajstić information content (AvgIpc) is 2.43. The van der Waals surface area contributed by atoms with Crippen LogP contribution in [0.4, 0.5) is 0 Å². The summed E-state index contributed by atoms with van der Waals surface area (Å²) in [4.78, 5) is 4.40. The van der Waals surface area contributed by atoms with E-state index >= 15 is 0 Å². The van der Waals surface area contributed by atoms with Crippen molar-refractivity contribution in [3.8, 4) is 5.75 Å². The van der Waals surface area contributed by atoms with E-state index in [0.717, 1.165) is 29.7 Å². The highest BCUT2D eigenvalue weighted by molar-refractivity contribution is 5.79. The van der Waals surface area contributed by atoms with Gasteiger partial charge in [0.15, 0.2) is 0 Å². The second-order valence-electron chi connectivity index (χ2n) is 5.60. The van der Waals surface area contributed by atoms with Crippen molar-refractivity contribution >= 4 is 10.9 Å². The van der Waals surface area contributed by atoms with E-state index < -0.39 is 0 Å². The summed E-state index contributed by atoms with van der Waals surface area (Å²) in [6.07, 6.45) is 1.80. The van der Waals surface area contributed by atoms with E-state index in [4.69, 9.17) is 4.74 Å². The lowest BCUT2D eigenvalue weighted by Gasteiger charge is -2.24. The summed E-state index contributed by atoms with van der Waals surface area (Å²) in [5, 5.41) is 4.47. The van der Waals surface area contributed by atoms with Crippen molar-refractivity contribution < 1.29 is 4.74 Å². The van der Waals surface area contributed by atoms with Crippen LogP contribution in [0.5, 0.6) is 5.75 Å². The number of hydrogen-bond acceptors (Lipinski definition) is 3. The van der Waals surface area contributed by atoms with Crippen LogP contribution in [0.15, 0.2) is 36.5 Å². The molecule has 0 atom stereocenters. The van der Waals surface area contributed by atoms with Gasteiger partial charge in [0.05, 0.1) is 18.3 Å². The number of pyridine rings is 1. The minimum absolute atomic E-state index is 0.113. The molecule has 0 spiro atoms. The van der Waals surface area contributed by atoms with Gasteiger partial charge in [-0.25, -0.2) is 0 Å². The molecule has 0 aliphatic heterocycles. The van der Waals surface area contributed by atoms with Crippen molar-refractivity contribution in [2.24, 2.45) is 5.41 Å². The lowest BCUT2D eigenvalue weighted by atomic mass is 9.95. The fourth-order valence-corrected chi connectivity index (χ4v) is 1.92. The maximum Gasteiger partial charge on any atom is 0.138 e. The normalized spacial score (nSPS) is 11.7. The Balaban J connectivity index is 2.01. The van der Waals surface area contributed by atoms with E-state index in [9.17, 15) is 0 Å². The largest absolute Gasteiger partial charge is 0.491 e. The molecule has 19 heavy (non-hydrogen) atoms. The molecule has 1 aromatic heterocycles. The summed E-state index contributed by atoms with van der Waals surface area (Å²) in [7, 11) is 0. The quantitative estimate of drug-likeness (QED) is 0.863. The minimum Gasteiger partial charge on any atom is -0.491 e. The highest BCUT2D eigenvalue weighted by Crippen LogP contribution is 2.21. The number of hydrogen-bond donors (Lipinski definition) is 1. The van der Waals surface area contributed by atoms with Gasteiger partial charge >= 0.3 is 0 Å². The Bertz CT molecular complexity index is 537. The number of ether oxygens (including phenoxy) is 1. The molecule has 3 nitrogen and oxygen atoms in total. The van der Waals surface area contributed by atoms with Crippen LogP contribution in [0.3, 0.4) is 0 Å². The van der Waals surface area contributed by atoms with E-state index in [-0.39, 0.29) is 5.41 Å². The molecule has 2 aromatic rings. The van der Waals surface area contributed by atoms with Gasteiger partial charge in [-0.05, 0) is 18.7 Å². The third kappa shape index (κ3) is 3.93. The fourth-order valence-electron chi connectivity index (χ4n) is 1.92. The van der Waals surface area contributed by atoms with Crippen molar-refractivity contribution in [1.29, 1.82) is 0 Å². The first-order chi connectivity index (χ1) is 9.11. The molecule has 1 heterocycles. The van der Waals surface area contributed by atoms with Gasteiger partial charge in [-0.3, -0.25) is 4.98 Å². The van der Waals surface area contributed by atoms with Crippen molar-refractivity contribution in [3.05, 3.63) is 36.5 Å². The smallest absolute Gasteiger partial charge is 0.138 e. The van der Waals surface area contributed by atoms with Crippen molar-refractivity contribution in [2.45, 2.75) is 20.8 Å². The minimum atomic E-state index is 0.113. The summed E-state index contributed by atoms with van der Waals surface area (Å²) in [5.74, 6) is 0.836. The van der Waals surface area contributed by atoms with Gasteiger partial charge in [0.25, 0.3) is 0 Å². The van der Waals surface area contributed by atoms with Gasteiger partial charge in [0.2, 0.25) is 0 Å². The molecule has 0 saturated heterocycles. The van der Waals surface area contributed by atoms with Crippen molar-refractivity contribution in [2.75, 3.05) is 19.7 Å². The van der Waals surface area contributed by atoms with Gasteiger partial charge in [0.1, 0.15) is 5.75 Å². The maximum absolute atomic E-state index is 5.87. The lowest BCUT2D eigenvalue weighted by Crippen LogP contribution is -2.34. The van der Waals surface area contributed by atoms with E-state index in [1.54, 1.807) is 6.20 Å². The molecule has 0 bridgehead atoms. The summed E-state index contributed by atoms with van der Waals surface area (Å²) < 4.78 is 5.87. The Hall–Kier alpha value is -1.61. The predicted molar refractivity (Wildman–Crippen MR) is 79.6 cm³/mol. The van der Waals surface area contributed by atoms with E-state index in [1.165, 1.54) is 0 Å². The Labute approximate surface area is 115 Å². The molecule has 102 valence electrons. The Morgan fingerprint density at radius 3 is 2.84 bits per heavy atom. The standard InChI is InChI=1S/C16H22N2O/c1-4-17-11-16(2,3)12-19-14-9-13-7-5-6-8-15(13)18-10-14/h5-10,17H,4,11-12H2,1-3H3. The Morgan fingerprint density at radius 2 is 2.05 bits per heavy atom. The van der Waals surface area contributed by atoms with E-state index in [0.29, 0.717) is 6.61 Å². The molecule has 0 amide bonds. The molecule has 1 aromatic carbocycles. The number of fused-ring (bicyclic) bond motifs is 1. The zero-order valence-electron chi connectivity index (χ0n) is 11.9. The number of rotatable bonds is 6. The lowest BCUT2D eigenvalue weighted by molar-refractivity contribution is 0.177. The molecule has 0 aliphatic rings. The number of benzene rings is 1. The SMILES string of the molecule is CCNCC(C)(C)COc1cnc2ccccc2c1. The third-order valence-electron chi connectivity index (χ3n) is 3.05. The fraction of sp³-hybridized carbons (Fsp3) is 0.438. The van der Waals surface area contributed by atoms with Crippen LogP contribution in [0.2, 0.25) is 0 Å². The molecule has 0 radical (unpaired) electrons. The first kappa shape index (κ1) is 13.8. The maximum atomic E-state index is 5.87. The van der Waals surface area contributed by atoms with Gasteiger partial charge in [-0.2, -0.15) is 0 Å². The topological polar surface area (TPSA) is 34.1 Å². The van der Waals surface area contributed by atoms with Crippen molar-refractivity contribution in [3.63, 3.8) is 0 Å². The van der Waals surface area contributed by atoms with Crippen LogP contribution in [0.1, 0.15) is 20.8 Å². The number of nitrogens with zero attached hydrogens (tertiary/aromatic N) is 1. The van der Waals surface area contributed by atoms with Gasteiger partial charge in [-0.15, -0.1) is 0 Å². The summed E-state index contributed by atoms with van der Waals surface area (Å²) in [6, 6.07) is 10.1. The van der Waals surface area contributed by atoms with Crippen LogP contribution >= 0.6 is 0 Å². The molecule has 0 saturated carbocycles. The molecule has 0 aliphatic carbocycles. The zero-order chi connectivity index (χ0) is 13.7. The van der Waals surface area contributed by atoms with Gasteiger partial charge in [0, 0.05) is 17.3 Å². The molecular weight excluding hydrogens is 236 g/mol. The van der Waals surface area contributed by atoms with Crippen LogP contribution in [-0.4, -0.2) is 24.7 Å². The Kier molecular flexibility index (Phi) is 4.38. The highest BCUT2D eigenvalue weighted by Gasteiger charge is 2.18. The second-order valence-corrected chi connectivity index (χ2v) is 5.60. The number of aromatic nitrogens is 1. The molecule has 3 heteroatoms. The summed E-state index contributed by atoms with van der Waals surface area (Å²) in [6.45, 7) is 9.13. The van der Waals surface area contributed by atoms with E-state index in [1.807, 2.05) is 24.3 Å². The van der Waals surface area contributed by atoms with E-state index in [2.05, 4.69) is 37.1 Å². The summed E-state index contributed by atoms with van der Waals surface area (Å²) in [5.41, 5.74) is 1.11. The molecule has 2 rings (SSSR count). The van der Waals surface area contributed by atoms with Gasteiger partial charge < -0.3 is 10.1 Å². The number of nitrogens with one attached hydrogen (secondary N) is 1. The van der Waals surface area contributed by atoms with Crippen LogP contribution in [-0.2, 0) is 0 Å². The zero-order valence-corrected chi connectivity index (χ0v) is 11.9. The van der Waals surface area contributed by atoms with Gasteiger partial charge in [-0.1, -0.05) is 39.0 Å². The first-order valence-corrected chi connectivity index (χ1v) is 6.79. The predicted octanol–water partition coefficient (Wildman–Crippen LogP) is 3.25. The monoisotopic (exact) mass is 258 g/mol. The molecule has 0 fully saturated rings. The first-order valence-electron chi connectivity index (χ1n) is 6.79. The highest BCUT2D eigenvalue weighted by atomic mass is 16.5. The molecule has 1 N–H and O–H groups in total.